The second-order valence-electron chi connectivity index (χ2n) is 9.52. The number of aryl methyl sites for hydroxylation is 1. The first-order valence-electron chi connectivity index (χ1n) is 12.0. The molecule has 2 aromatic rings. The molecule has 0 radical (unpaired) electrons. The van der Waals surface area contributed by atoms with Gasteiger partial charge in [0.15, 0.2) is 5.69 Å². The van der Waals surface area contributed by atoms with Crippen LogP contribution in [0.4, 0.5) is 0 Å². The monoisotopic (exact) mass is 421 g/mol. The summed E-state index contributed by atoms with van der Waals surface area (Å²) in [4.78, 5) is 17.8. The van der Waals surface area contributed by atoms with Crippen LogP contribution in [-0.4, -0.2) is 70.8 Å². The van der Waals surface area contributed by atoms with Crippen molar-refractivity contribution in [2.75, 3.05) is 33.2 Å². The molecule has 0 spiro atoms. The number of nitrogens with one attached hydrogen (secondary N) is 1. The van der Waals surface area contributed by atoms with E-state index in [0.29, 0.717) is 17.8 Å². The number of rotatable bonds is 4. The molecule has 2 aliphatic carbocycles. The Bertz CT molecular complexity index is 926. The van der Waals surface area contributed by atoms with Gasteiger partial charge in [0.2, 0.25) is 0 Å². The summed E-state index contributed by atoms with van der Waals surface area (Å²) in [5.74, 6) is 0.132. The van der Waals surface area contributed by atoms with Crippen molar-refractivity contribution in [3.05, 3.63) is 52.3 Å². The lowest BCUT2D eigenvalue weighted by atomic mass is 9.90. The van der Waals surface area contributed by atoms with Crippen LogP contribution >= 0.6 is 0 Å². The van der Waals surface area contributed by atoms with Gasteiger partial charge >= 0.3 is 0 Å². The van der Waals surface area contributed by atoms with Crippen LogP contribution in [0.1, 0.15) is 52.6 Å². The van der Waals surface area contributed by atoms with Crippen LogP contribution in [0.5, 0.6) is 0 Å². The smallest absolute Gasteiger partial charge is 0.274 e. The molecule has 1 N–H and O–H groups in total. The first-order valence-corrected chi connectivity index (χ1v) is 12.0. The third kappa shape index (κ3) is 4.15. The van der Waals surface area contributed by atoms with Crippen molar-refractivity contribution >= 4 is 5.91 Å². The maximum Gasteiger partial charge on any atom is 0.274 e. The largest absolute Gasteiger partial charge is 0.336 e. The Morgan fingerprint density at radius 2 is 1.84 bits per heavy atom. The Kier molecular flexibility index (Phi) is 5.85. The molecule has 1 aliphatic heterocycles. The molecule has 3 aliphatic rings. The van der Waals surface area contributed by atoms with Gasteiger partial charge in [-0.3, -0.25) is 9.48 Å². The Balaban J connectivity index is 1.32. The quantitative estimate of drug-likeness (QED) is 0.823. The first kappa shape index (κ1) is 20.7. The first-order chi connectivity index (χ1) is 15.1. The lowest BCUT2D eigenvalue weighted by Gasteiger charge is -2.28. The van der Waals surface area contributed by atoms with Gasteiger partial charge < -0.3 is 15.1 Å². The predicted molar refractivity (Wildman–Crippen MR) is 123 cm³/mol. The number of aromatic nitrogens is 2. The molecule has 1 aromatic carbocycles. The van der Waals surface area contributed by atoms with E-state index in [1.54, 1.807) is 0 Å². The summed E-state index contributed by atoms with van der Waals surface area (Å²) >= 11 is 0. The van der Waals surface area contributed by atoms with Crippen LogP contribution in [0.15, 0.2) is 24.3 Å². The second kappa shape index (κ2) is 8.75. The van der Waals surface area contributed by atoms with Crippen molar-refractivity contribution in [3.8, 4) is 0 Å². The summed E-state index contributed by atoms with van der Waals surface area (Å²) in [5.41, 5.74) is 6.16. The van der Waals surface area contributed by atoms with E-state index in [4.69, 9.17) is 5.10 Å². The molecule has 166 valence electrons. The highest BCUT2D eigenvalue weighted by Gasteiger charge is 2.33. The van der Waals surface area contributed by atoms with E-state index in [-0.39, 0.29) is 5.91 Å². The molecule has 6 nitrogen and oxygen atoms in total. The standard InChI is InChI=1S/C25H35N5O/c1-3-30-23-10-9-20(26-21-15-18-7-4-5-8-19(18)16-21)17-22(23)24(27-30)25(31)29-12-6-11-28(2)13-14-29/h4-5,7-8,20-21,26H,3,6,9-17H2,1-2H3. The second-order valence-corrected chi connectivity index (χ2v) is 9.52. The van der Waals surface area contributed by atoms with Crippen LogP contribution in [0, 0.1) is 0 Å². The zero-order valence-corrected chi connectivity index (χ0v) is 18.9. The van der Waals surface area contributed by atoms with Gasteiger partial charge in [0.25, 0.3) is 5.91 Å². The highest BCUT2D eigenvalue weighted by Crippen LogP contribution is 2.28. The third-order valence-corrected chi connectivity index (χ3v) is 7.38. The van der Waals surface area contributed by atoms with Crippen molar-refractivity contribution in [3.63, 3.8) is 0 Å². The summed E-state index contributed by atoms with van der Waals surface area (Å²) in [6.07, 6.45) is 6.29. The van der Waals surface area contributed by atoms with E-state index in [9.17, 15) is 4.79 Å². The van der Waals surface area contributed by atoms with Gasteiger partial charge in [-0.1, -0.05) is 24.3 Å². The number of fused-ring (bicyclic) bond motifs is 2. The minimum atomic E-state index is 0.132. The van der Waals surface area contributed by atoms with Gasteiger partial charge in [0, 0.05) is 49.5 Å². The van der Waals surface area contributed by atoms with Gasteiger partial charge in [0.05, 0.1) is 0 Å². The fourth-order valence-electron chi connectivity index (χ4n) is 5.67. The maximum atomic E-state index is 13.5. The average molecular weight is 422 g/mol. The summed E-state index contributed by atoms with van der Waals surface area (Å²) < 4.78 is 2.08. The number of hydrogen-bond donors (Lipinski definition) is 1. The Labute approximate surface area is 185 Å². The van der Waals surface area contributed by atoms with Crippen LogP contribution in [0.2, 0.25) is 0 Å². The van der Waals surface area contributed by atoms with Crippen molar-refractivity contribution in [1.29, 1.82) is 0 Å². The van der Waals surface area contributed by atoms with Crippen molar-refractivity contribution in [1.82, 2.24) is 24.9 Å². The summed E-state index contributed by atoms with van der Waals surface area (Å²) in [7, 11) is 2.14. The molecule has 1 saturated heterocycles. The molecule has 1 aromatic heterocycles. The number of benzene rings is 1. The Morgan fingerprint density at radius 3 is 2.58 bits per heavy atom. The number of carbonyl (C=O) groups excluding carboxylic acids is 1. The molecule has 0 saturated carbocycles. The molecular formula is C25H35N5O. The fourth-order valence-corrected chi connectivity index (χ4v) is 5.67. The number of likely N-dealkylation sites (N-methyl/N-ethyl adjacent to an activating group) is 1. The average Bonchev–Trinajstić information content (AvgIpc) is 3.28. The molecule has 6 heteroatoms. The molecule has 0 bridgehead atoms. The molecule has 31 heavy (non-hydrogen) atoms. The zero-order chi connectivity index (χ0) is 21.4. The summed E-state index contributed by atoms with van der Waals surface area (Å²) in [6.45, 7) is 6.58. The van der Waals surface area contributed by atoms with Crippen molar-refractivity contribution < 1.29 is 4.79 Å². The number of carbonyl (C=O) groups is 1. The van der Waals surface area contributed by atoms with Crippen LogP contribution < -0.4 is 5.32 Å². The van der Waals surface area contributed by atoms with Crippen LogP contribution in [0.25, 0.3) is 0 Å². The third-order valence-electron chi connectivity index (χ3n) is 7.38. The molecule has 1 atom stereocenters. The maximum absolute atomic E-state index is 13.5. The highest BCUT2D eigenvalue weighted by molar-refractivity contribution is 5.94. The lowest BCUT2D eigenvalue weighted by molar-refractivity contribution is 0.0754. The summed E-state index contributed by atoms with van der Waals surface area (Å²) in [5, 5.41) is 8.74. The van der Waals surface area contributed by atoms with Gasteiger partial charge in [-0.05, 0) is 70.2 Å². The molecule has 5 rings (SSSR count). The Hall–Kier alpha value is -2.18. The summed E-state index contributed by atoms with van der Waals surface area (Å²) in [6, 6.07) is 9.73. The fraction of sp³-hybridized carbons (Fsp3) is 0.600. The number of hydrogen-bond acceptors (Lipinski definition) is 4. The SMILES string of the molecule is CCn1nc(C(=O)N2CCCN(C)CC2)c2c1CCC(NC1Cc3ccccc3C1)C2. The Morgan fingerprint density at radius 1 is 1.06 bits per heavy atom. The van der Waals surface area contributed by atoms with E-state index < -0.39 is 0 Å². The van der Waals surface area contributed by atoms with Crippen LogP contribution in [-0.2, 0) is 32.2 Å². The minimum absolute atomic E-state index is 0.132. The molecule has 1 unspecified atom stereocenters. The zero-order valence-electron chi connectivity index (χ0n) is 18.9. The molecule has 1 fully saturated rings. The lowest BCUT2D eigenvalue weighted by Crippen LogP contribution is -2.42. The van der Waals surface area contributed by atoms with E-state index >= 15 is 0 Å². The van der Waals surface area contributed by atoms with E-state index in [1.165, 1.54) is 22.4 Å². The number of nitrogens with zero attached hydrogens (tertiary/aromatic N) is 4. The van der Waals surface area contributed by atoms with Crippen molar-refractivity contribution in [2.45, 2.75) is 64.1 Å². The normalized spacial score (nSPS) is 22.3. The van der Waals surface area contributed by atoms with Gasteiger partial charge in [0.1, 0.15) is 0 Å². The predicted octanol–water partition coefficient (Wildman–Crippen LogP) is 2.30. The van der Waals surface area contributed by atoms with E-state index in [1.807, 2.05) is 4.90 Å². The minimum Gasteiger partial charge on any atom is -0.336 e. The number of amides is 1. The van der Waals surface area contributed by atoms with Gasteiger partial charge in [-0.15, -0.1) is 0 Å². The van der Waals surface area contributed by atoms with Gasteiger partial charge in [-0.25, -0.2) is 0 Å². The van der Waals surface area contributed by atoms with Crippen LogP contribution in [0.3, 0.4) is 0 Å². The van der Waals surface area contributed by atoms with Crippen molar-refractivity contribution in [2.24, 2.45) is 0 Å². The molecule has 1 amide bonds. The highest BCUT2D eigenvalue weighted by atomic mass is 16.2. The molecule has 2 heterocycles. The van der Waals surface area contributed by atoms with E-state index in [2.05, 4.69) is 53.1 Å². The molecular weight excluding hydrogens is 386 g/mol. The topological polar surface area (TPSA) is 53.4 Å². The van der Waals surface area contributed by atoms with Gasteiger partial charge in [-0.2, -0.15) is 5.10 Å². The van der Waals surface area contributed by atoms with E-state index in [0.717, 1.165) is 71.2 Å².